The van der Waals surface area contributed by atoms with E-state index in [9.17, 15) is 9.90 Å². The van der Waals surface area contributed by atoms with Crippen molar-refractivity contribution in [2.24, 2.45) is 23.2 Å². The molecule has 1 atom stereocenters. The molecule has 6 nitrogen and oxygen atoms in total. The van der Waals surface area contributed by atoms with Crippen molar-refractivity contribution in [2.75, 3.05) is 12.3 Å². The number of carbonyl (C=O) groups excluding carboxylic acids is 1. The fraction of sp³-hybridized carbons (Fsp3) is 0.750. The third-order valence-corrected chi connectivity index (χ3v) is 6.59. The zero-order chi connectivity index (χ0) is 16.2. The Morgan fingerprint density at radius 3 is 2.39 bits per heavy atom. The standard InChI is InChI=1S/C16H23ClN4O2/c17-12-13(20-21-14(12)18)15(23)19-7-11(22)16-4-8-1-9(5-16)3-10(2-8)6-16/h8-11,22H,1-7H2,(H,19,23)(H3,18,20,21)/t8?,9?,10?,11-,16?/m0/s1. The molecule has 0 unspecified atom stereocenters. The van der Waals surface area contributed by atoms with Crippen LogP contribution in [0.3, 0.4) is 0 Å². The van der Waals surface area contributed by atoms with Gasteiger partial charge in [-0.15, -0.1) is 0 Å². The predicted octanol–water partition coefficient (Wildman–Crippen LogP) is 1.95. The van der Waals surface area contributed by atoms with Crippen LogP contribution < -0.4 is 11.1 Å². The summed E-state index contributed by atoms with van der Waals surface area (Å²) in [4.78, 5) is 12.2. The first-order valence-corrected chi connectivity index (χ1v) is 8.80. The number of aromatic amines is 1. The second kappa shape index (κ2) is 5.38. The number of nitrogens with zero attached hydrogens (tertiary/aromatic N) is 1. The van der Waals surface area contributed by atoms with E-state index in [0.717, 1.165) is 37.0 Å². The lowest BCUT2D eigenvalue weighted by atomic mass is 9.48. The van der Waals surface area contributed by atoms with Gasteiger partial charge in [-0.05, 0) is 61.7 Å². The van der Waals surface area contributed by atoms with Crippen LogP contribution in [-0.2, 0) is 0 Å². The van der Waals surface area contributed by atoms with Crippen LogP contribution in [0.5, 0.6) is 0 Å². The van der Waals surface area contributed by atoms with E-state index in [0.29, 0.717) is 0 Å². The van der Waals surface area contributed by atoms with Crippen molar-refractivity contribution in [1.82, 2.24) is 15.5 Å². The van der Waals surface area contributed by atoms with Gasteiger partial charge in [0.1, 0.15) is 10.7 Å². The summed E-state index contributed by atoms with van der Waals surface area (Å²) in [6, 6.07) is 0. The smallest absolute Gasteiger partial charge is 0.271 e. The summed E-state index contributed by atoms with van der Waals surface area (Å²) in [6.07, 6.45) is 6.82. The number of hydrogen-bond donors (Lipinski definition) is 4. The number of nitrogens with one attached hydrogen (secondary N) is 2. The Hall–Kier alpha value is -1.27. The number of rotatable bonds is 4. The minimum Gasteiger partial charge on any atom is -0.391 e. The molecule has 0 aromatic carbocycles. The molecular formula is C16H23ClN4O2. The van der Waals surface area contributed by atoms with Crippen LogP contribution in [0, 0.1) is 23.2 Å². The molecule has 0 radical (unpaired) electrons. The maximum atomic E-state index is 12.2. The number of carbonyl (C=O) groups is 1. The van der Waals surface area contributed by atoms with Crippen LogP contribution in [0.1, 0.15) is 49.0 Å². The minimum absolute atomic E-state index is 0.00115. The van der Waals surface area contributed by atoms with Crippen LogP contribution >= 0.6 is 11.6 Å². The van der Waals surface area contributed by atoms with Crippen LogP contribution in [0.15, 0.2) is 0 Å². The highest BCUT2D eigenvalue weighted by atomic mass is 35.5. The van der Waals surface area contributed by atoms with Gasteiger partial charge in [-0.3, -0.25) is 9.89 Å². The number of nitrogens with two attached hydrogens (primary N) is 1. The molecule has 4 saturated carbocycles. The third-order valence-electron chi connectivity index (χ3n) is 6.21. The molecule has 1 aromatic heterocycles. The molecule has 4 bridgehead atoms. The van der Waals surface area contributed by atoms with Gasteiger partial charge in [0.2, 0.25) is 0 Å². The Balaban J connectivity index is 1.41. The Morgan fingerprint density at radius 1 is 1.35 bits per heavy atom. The summed E-state index contributed by atoms with van der Waals surface area (Å²) in [6.45, 7) is 0.250. The number of aliphatic hydroxyl groups is 1. The highest BCUT2D eigenvalue weighted by Crippen LogP contribution is 2.61. The SMILES string of the molecule is Nc1n[nH]c(C(=O)NC[C@H](O)C23CC4CC(CC(C4)C2)C3)c1Cl. The van der Waals surface area contributed by atoms with Gasteiger partial charge in [-0.25, -0.2) is 0 Å². The number of halogens is 1. The van der Waals surface area contributed by atoms with Gasteiger partial charge in [-0.1, -0.05) is 11.6 Å². The van der Waals surface area contributed by atoms with Crippen molar-refractivity contribution < 1.29 is 9.90 Å². The number of H-pyrrole nitrogens is 1. The molecular weight excluding hydrogens is 316 g/mol. The molecule has 5 rings (SSSR count). The number of hydrogen-bond acceptors (Lipinski definition) is 4. The van der Waals surface area contributed by atoms with Crippen molar-refractivity contribution in [1.29, 1.82) is 0 Å². The molecule has 5 N–H and O–H groups in total. The molecule has 1 amide bonds. The van der Waals surface area contributed by atoms with Gasteiger partial charge < -0.3 is 16.2 Å². The van der Waals surface area contributed by atoms with E-state index in [1.165, 1.54) is 19.3 Å². The van der Waals surface area contributed by atoms with Crippen LogP contribution in [0.4, 0.5) is 5.82 Å². The number of nitrogen functional groups attached to an aromatic ring is 1. The van der Waals surface area contributed by atoms with E-state index in [-0.39, 0.29) is 34.4 Å². The zero-order valence-electron chi connectivity index (χ0n) is 13.0. The van der Waals surface area contributed by atoms with Crippen molar-refractivity contribution in [3.8, 4) is 0 Å². The largest absolute Gasteiger partial charge is 0.391 e. The summed E-state index contributed by atoms with van der Waals surface area (Å²) in [5.41, 5.74) is 5.69. The van der Waals surface area contributed by atoms with Crippen LogP contribution in [-0.4, -0.2) is 33.9 Å². The first-order chi connectivity index (χ1) is 11.0. The highest BCUT2D eigenvalue weighted by molar-refractivity contribution is 6.35. The Kier molecular flexibility index (Phi) is 3.57. The quantitative estimate of drug-likeness (QED) is 0.673. The van der Waals surface area contributed by atoms with Gasteiger partial charge in [0.05, 0.1) is 6.10 Å². The first kappa shape index (κ1) is 15.3. The molecule has 4 fully saturated rings. The van der Waals surface area contributed by atoms with Crippen LogP contribution in [0.25, 0.3) is 0 Å². The van der Waals surface area contributed by atoms with E-state index in [4.69, 9.17) is 17.3 Å². The molecule has 4 aliphatic rings. The summed E-state index contributed by atoms with van der Waals surface area (Å²) < 4.78 is 0. The lowest BCUT2D eigenvalue weighted by Crippen LogP contribution is -2.54. The first-order valence-electron chi connectivity index (χ1n) is 8.42. The molecule has 1 aromatic rings. The van der Waals surface area contributed by atoms with Gasteiger partial charge in [0.15, 0.2) is 5.82 Å². The predicted molar refractivity (Wildman–Crippen MR) is 87.0 cm³/mol. The number of aliphatic hydroxyl groups excluding tert-OH is 1. The Bertz CT molecular complexity index is 594. The Morgan fingerprint density at radius 2 is 1.91 bits per heavy atom. The maximum Gasteiger partial charge on any atom is 0.271 e. The fourth-order valence-corrected chi connectivity index (χ4v) is 5.74. The summed E-state index contributed by atoms with van der Waals surface area (Å²) in [5.74, 6) is 2.05. The van der Waals surface area contributed by atoms with Gasteiger partial charge in [0, 0.05) is 6.54 Å². The van der Waals surface area contributed by atoms with E-state index in [1.54, 1.807) is 0 Å². The molecule has 4 aliphatic carbocycles. The maximum absolute atomic E-state index is 12.2. The molecule has 1 heterocycles. The fourth-order valence-electron chi connectivity index (χ4n) is 5.57. The average Bonchev–Trinajstić information content (AvgIpc) is 2.83. The highest BCUT2D eigenvalue weighted by Gasteiger charge is 2.53. The molecule has 126 valence electrons. The Labute approximate surface area is 140 Å². The van der Waals surface area contributed by atoms with Crippen molar-refractivity contribution in [3.63, 3.8) is 0 Å². The lowest BCUT2D eigenvalue weighted by molar-refractivity contribution is -0.118. The minimum atomic E-state index is -0.501. The summed E-state index contributed by atoms with van der Waals surface area (Å²) >= 11 is 5.93. The zero-order valence-corrected chi connectivity index (χ0v) is 13.8. The molecule has 7 heteroatoms. The number of anilines is 1. The summed E-state index contributed by atoms with van der Waals surface area (Å²) in [5, 5.41) is 19.9. The van der Waals surface area contributed by atoms with Gasteiger partial charge in [-0.2, -0.15) is 5.10 Å². The van der Waals surface area contributed by atoms with Crippen molar-refractivity contribution in [2.45, 2.75) is 44.6 Å². The number of amides is 1. The van der Waals surface area contributed by atoms with E-state index < -0.39 is 6.10 Å². The van der Waals surface area contributed by atoms with E-state index >= 15 is 0 Å². The summed E-state index contributed by atoms with van der Waals surface area (Å²) in [7, 11) is 0. The molecule has 0 aliphatic heterocycles. The van der Waals surface area contributed by atoms with Crippen molar-refractivity contribution >= 4 is 23.3 Å². The molecule has 23 heavy (non-hydrogen) atoms. The topological polar surface area (TPSA) is 104 Å². The van der Waals surface area contributed by atoms with Crippen molar-refractivity contribution in [3.05, 3.63) is 10.7 Å². The van der Waals surface area contributed by atoms with E-state index in [2.05, 4.69) is 15.5 Å². The molecule has 0 spiro atoms. The second-order valence-corrected chi connectivity index (χ2v) is 8.18. The van der Waals surface area contributed by atoms with Crippen LogP contribution in [0.2, 0.25) is 5.02 Å². The lowest BCUT2D eigenvalue weighted by Gasteiger charge is -2.58. The molecule has 0 saturated heterocycles. The average molecular weight is 339 g/mol. The van der Waals surface area contributed by atoms with Gasteiger partial charge in [0.25, 0.3) is 5.91 Å². The third kappa shape index (κ3) is 2.52. The van der Waals surface area contributed by atoms with Gasteiger partial charge >= 0.3 is 0 Å². The van der Waals surface area contributed by atoms with E-state index in [1.807, 2.05) is 0 Å². The monoisotopic (exact) mass is 338 g/mol. The second-order valence-electron chi connectivity index (χ2n) is 7.80. The normalized spacial score (nSPS) is 36.2. The number of aromatic nitrogens is 2.